The molecule has 62 heavy (non-hydrogen) atoms. The van der Waals surface area contributed by atoms with E-state index >= 15 is 0 Å². The van der Waals surface area contributed by atoms with Crippen molar-refractivity contribution in [2.75, 3.05) is 26.4 Å². The van der Waals surface area contributed by atoms with Crippen molar-refractivity contribution in [2.24, 2.45) is 9.98 Å². The van der Waals surface area contributed by atoms with Gasteiger partial charge in [0.1, 0.15) is 0 Å². The van der Waals surface area contributed by atoms with Crippen LogP contribution in [-0.4, -0.2) is 64.7 Å². The predicted molar refractivity (Wildman–Crippen MR) is 251 cm³/mol. The van der Waals surface area contributed by atoms with Crippen molar-refractivity contribution in [3.63, 3.8) is 0 Å². The van der Waals surface area contributed by atoms with Gasteiger partial charge in [-0.1, -0.05) is 0 Å². The number of hydrogen-bond donors (Lipinski definition) is 0. The summed E-state index contributed by atoms with van der Waals surface area (Å²) in [4.78, 5) is 11.0. The van der Waals surface area contributed by atoms with E-state index in [9.17, 15) is 0 Å². The molecule has 4 aromatic carbocycles. The van der Waals surface area contributed by atoms with Crippen LogP contribution in [0, 0.1) is 0 Å². The number of nitrogens with zero attached hydrogens (tertiary/aromatic N) is 4. The molecule has 6 aromatic rings. The van der Waals surface area contributed by atoms with Crippen LogP contribution < -0.4 is 29.6 Å². The second kappa shape index (κ2) is 17.0. The molecule has 2 aromatic heterocycles. The molecule has 0 spiro atoms. The number of fused-ring (bicyclic) bond motifs is 2. The average molecular weight is 1030 g/mol. The molecule has 8 nitrogen and oxygen atoms in total. The molecule has 0 aliphatic carbocycles. The first kappa shape index (κ1) is 40.0. The number of allylic oxidation sites excluding steroid dienone is 4. The molecule has 10 rings (SSSR count). The molecule has 0 fully saturated rings. The Balaban J connectivity index is 1.36. The zero-order valence-electron chi connectivity index (χ0n) is 35.1. The van der Waals surface area contributed by atoms with Crippen LogP contribution in [0.15, 0.2) is 167 Å². The summed E-state index contributed by atoms with van der Waals surface area (Å²) < 4.78 is 28.6. The molecule has 0 N–H and O–H groups in total. The number of benzene rings is 4. The summed E-state index contributed by atoms with van der Waals surface area (Å²) in [5, 5.41) is 2.01. The van der Waals surface area contributed by atoms with Gasteiger partial charge >= 0.3 is 376 Å². The standard InChI is InChI=1S/C52H44N4O4.ClH.Tl/c1-5-57-37-17-9-33(10-18-37)49-41-25-27-43(53-41)50(34-11-19-38(20-12-34)58-6-2)45-29-31-47(55-45)52(36-15-23-40(24-16-36)60-8-4)48-32-30-46(56-48)51(44-28-26-42(49)54-44)35-13-21-39(22-14-35)59-7-3;;/h9-32H,5-8H2,1-4H3;1H;/q-2;;+3/p-1. The maximum absolute atomic E-state index is 8.50. The first-order valence-electron chi connectivity index (χ1n) is 21.3. The first-order chi connectivity index (χ1) is 30.5. The van der Waals surface area contributed by atoms with Crippen LogP contribution in [0.3, 0.4) is 0 Å². The van der Waals surface area contributed by atoms with Crippen molar-refractivity contribution in [3.05, 3.63) is 201 Å². The number of aliphatic imine (C=N–C) groups is 2. The fourth-order valence-corrected chi connectivity index (χ4v) is 20.3. The molecular formula is C52H44ClN4O4Tl. The van der Waals surface area contributed by atoms with Crippen molar-refractivity contribution in [1.82, 2.24) is 4.75 Å². The molecule has 6 heterocycles. The third-order valence-corrected chi connectivity index (χ3v) is 22.5. The fourth-order valence-electron chi connectivity index (χ4n) is 8.81. The van der Waals surface area contributed by atoms with Crippen molar-refractivity contribution in [1.29, 1.82) is 0 Å². The molecule has 4 aliphatic heterocycles. The Bertz CT molecular complexity index is 2840. The quantitative estimate of drug-likeness (QED) is 0.115. The van der Waals surface area contributed by atoms with Crippen LogP contribution >= 0.6 is 8.32 Å². The summed E-state index contributed by atoms with van der Waals surface area (Å²) in [5.74, 6) is 3.26. The first-order valence-corrected chi connectivity index (χ1v) is 30.8. The fraction of sp³-hybridized carbons (Fsp3) is 0.154. The van der Waals surface area contributed by atoms with Crippen LogP contribution in [0.5, 0.6) is 23.0 Å². The van der Waals surface area contributed by atoms with Gasteiger partial charge in [0.05, 0.1) is 0 Å². The summed E-state index contributed by atoms with van der Waals surface area (Å²) in [6.45, 7) is 10.3. The summed E-state index contributed by atoms with van der Waals surface area (Å²) in [6.07, 6.45) is 8.57. The molecule has 10 heteroatoms. The minimum absolute atomic E-state index is 0.585. The van der Waals surface area contributed by atoms with Gasteiger partial charge in [-0.25, -0.2) is 0 Å². The van der Waals surface area contributed by atoms with Crippen molar-refractivity contribution < 1.29 is 18.9 Å². The van der Waals surface area contributed by atoms with Gasteiger partial charge in [0.25, 0.3) is 0 Å². The van der Waals surface area contributed by atoms with Gasteiger partial charge in [0.2, 0.25) is 0 Å². The summed E-state index contributed by atoms with van der Waals surface area (Å²) in [6, 6.07) is 42.2. The van der Waals surface area contributed by atoms with Gasteiger partial charge in [-0.15, -0.1) is 0 Å². The molecular weight excluding hydrogens is 984 g/mol. The summed E-state index contributed by atoms with van der Waals surface area (Å²) in [7, 11) is 8.50. The van der Waals surface area contributed by atoms with Crippen LogP contribution in [0.25, 0.3) is 22.3 Å². The van der Waals surface area contributed by atoms with E-state index < -0.39 is 22.1 Å². The predicted octanol–water partition coefficient (Wildman–Crippen LogP) is 9.47. The minimum atomic E-state index is -4.11. The topological polar surface area (TPSA) is 71.5 Å². The maximum atomic E-state index is 8.50. The molecule has 0 saturated carbocycles. The van der Waals surface area contributed by atoms with Crippen LogP contribution in [-0.2, 0) is 0 Å². The molecule has 6 bridgehead atoms. The summed E-state index contributed by atoms with van der Waals surface area (Å²) in [5.41, 5.74) is 13.5. The van der Waals surface area contributed by atoms with E-state index in [-0.39, 0.29) is 0 Å². The van der Waals surface area contributed by atoms with Gasteiger partial charge in [0.15, 0.2) is 0 Å². The molecule has 0 unspecified atom stereocenters. The molecule has 306 valence electrons. The average Bonchev–Trinajstić information content (AvgIpc) is 4.13. The van der Waals surface area contributed by atoms with E-state index in [0.29, 0.717) is 26.4 Å². The number of hydrogen-bond acceptors (Lipinski definition) is 6. The number of halogens is 1. The summed E-state index contributed by atoms with van der Waals surface area (Å²) >= 11 is -4.11. The van der Waals surface area contributed by atoms with E-state index in [2.05, 4.69) is 102 Å². The van der Waals surface area contributed by atoms with E-state index in [1.807, 2.05) is 76.2 Å². The van der Waals surface area contributed by atoms with Crippen LogP contribution in [0.1, 0.15) is 61.3 Å². The Morgan fingerprint density at radius 1 is 0.403 bits per heavy atom. The van der Waals surface area contributed by atoms with Crippen LogP contribution in [0.4, 0.5) is 0 Å². The number of ether oxygens (including phenoxy) is 4. The van der Waals surface area contributed by atoms with Crippen molar-refractivity contribution >= 4 is 64.1 Å². The molecule has 0 atom stereocenters. The Morgan fingerprint density at radius 2 is 0.726 bits per heavy atom. The van der Waals surface area contributed by atoms with E-state index in [4.69, 9.17) is 37.2 Å². The monoisotopic (exact) mass is 1030 g/mol. The third-order valence-electron chi connectivity index (χ3n) is 11.4. The normalized spacial score (nSPS) is 15.0. The molecule has 0 radical (unpaired) electrons. The van der Waals surface area contributed by atoms with Gasteiger partial charge in [-0.2, -0.15) is 0 Å². The van der Waals surface area contributed by atoms with Crippen LogP contribution in [0.2, 0.25) is 0 Å². The van der Waals surface area contributed by atoms with E-state index in [1.54, 1.807) is 0 Å². The molecule has 4 aliphatic rings. The van der Waals surface area contributed by atoms with Crippen molar-refractivity contribution in [2.45, 2.75) is 27.7 Å². The van der Waals surface area contributed by atoms with Gasteiger partial charge in [-0.05, 0) is 0 Å². The zero-order valence-corrected chi connectivity index (χ0v) is 40.3. The Kier molecular flexibility index (Phi) is 11.0. The van der Waals surface area contributed by atoms with Gasteiger partial charge in [-0.3, -0.25) is 0 Å². The van der Waals surface area contributed by atoms with Crippen molar-refractivity contribution in [3.8, 4) is 23.0 Å². The third kappa shape index (κ3) is 7.08. The van der Waals surface area contributed by atoms with Gasteiger partial charge in [0, 0.05) is 0 Å². The second-order valence-electron chi connectivity index (χ2n) is 15.0. The zero-order chi connectivity index (χ0) is 42.3. The van der Waals surface area contributed by atoms with Gasteiger partial charge < -0.3 is 0 Å². The SMILES string of the molecule is CCOc1ccc(C2=C3C=CC(=N3)C(c3ccc(OCC)cc3)=c3ccc4[n]3[Tl]([Cl])[n]3c2ccc3C(c2ccc(OCC)cc2)=C2C=CC(=N2)C=4c2ccc(OCC)cc2)cc1. The number of rotatable bonds is 12. The van der Waals surface area contributed by atoms with E-state index in [0.717, 1.165) is 112 Å². The Morgan fingerprint density at radius 3 is 1.05 bits per heavy atom. The molecule has 0 amide bonds. The number of aromatic nitrogens is 2. The molecule has 0 saturated heterocycles. The second-order valence-corrected chi connectivity index (χ2v) is 24.9. The Hall–Kier alpha value is -6.11. The van der Waals surface area contributed by atoms with E-state index in [1.165, 1.54) is 0 Å². The Labute approximate surface area is 373 Å².